The van der Waals surface area contributed by atoms with E-state index in [1.807, 2.05) is 0 Å². The predicted octanol–water partition coefficient (Wildman–Crippen LogP) is 4.29. The van der Waals surface area contributed by atoms with Crippen LogP contribution in [0.4, 0.5) is 0 Å². The van der Waals surface area contributed by atoms with E-state index in [0.717, 1.165) is 25.7 Å². The van der Waals surface area contributed by atoms with Crippen LogP contribution in [-0.4, -0.2) is 37.5 Å². The Bertz CT molecular complexity index is 504. The zero-order chi connectivity index (χ0) is 23.2. The van der Waals surface area contributed by atoms with Crippen molar-refractivity contribution in [2.24, 2.45) is 10.8 Å². The van der Waals surface area contributed by atoms with Gasteiger partial charge in [-0.25, -0.2) is 0 Å². The van der Waals surface area contributed by atoms with Crippen LogP contribution in [0.5, 0.6) is 0 Å². The molecule has 0 saturated carbocycles. The van der Waals surface area contributed by atoms with Gasteiger partial charge in [-0.15, -0.1) is 0 Å². The molecule has 0 heterocycles. The molecule has 8 nitrogen and oxygen atoms in total. The molecule has 0 aliphatic carbocycles. The molecule has 0 bridgehead atoms. The Labute approximate surface area is 180 Å². The summed E-state index contributed by atoms with van der Waals surface area (Å²) >= 11 is 0. The van der Waals surface area contributed by atoms with Crippen molar-refractivity contribution in [1.82, 2.24) is 0 Å². The number of esters is 4. The topological polar surface area (TPSA) is 105 Å². The molecule has 174 valence electrons. The van der Waals surface area contributed by atoms with E-state index in [2.05, 4.69) is 0 Å². The highest BCUT2D eigenvalue weighted by Gasteiger charge is 2.24. The lowest BCUT2D eigenvalue weighted by molar-refractivity contribution is -0.174. The lowest BCUT2D eigenvalue weighted by Gasteiger charge is -2.16. The van der Waals surface area contributed by atoms with Crippen molar-refractivity contribution in [2.75, 3.05) is 13.6 Å². The van der Waals surface area contributed by atoms with E-state index in [0.29, 0.717) is 12.8 Å². The van der Waals surface area contributed by atoms with Crippen molar-refractivity contribution in [2.45, 2.75) is 92.9 Å². The van der Waals surface area contributed by atoms with Crippen LogP contribution in [0.2, 0.25) is 0 Å². The van der Waals surface area contributed by atoms with Gasteiger partial charge in [-0.3, -0.25) is 19.2 Å². The van der Waals surface area contributed by atoms with Gasteiger partial charge in [-0.05, 0) is 54.4 Å². The van der Waals surface area contributed by atoms with E-state index in [-0.39, 0.29) is 38.4 Å². The first kappa shape index (κ1) is 27.9. The van der Waals surface area contributed by atoms with Gasteiger partial charge in [0.15, 0.2) is 0 Å². The standard InChI is InChI=1S/C22H38O8/c1-21(2,3)19(25)29-15-27-17(23)13-11-9-7-8-10-12-14-18(24)28-16-30-20(26)22(4,5)6/h7-16H2,1-6H3. The van der Waals surface area contributed by atoms with Crippen LogP contribution in [0.1, 0.15) is 92.9 Å². The summed E-state index contributed by atoms with van der Waals surface area (Å²) in [6.45, 7) is 9.67. The molecule has 0 fully saturated rings. The molecule has 0 aliphatic heterocycles. The number of carbonyl (C=O) groups excluding carboxylic acids is 4. The van der Waals surface area contributed by atoms with E-state index in [1.165, 1.54) is 0 Å². The third-order valence-corrected chi connectivity index (χ3v) is 4.06. The number of unbranched alkanes of at least 4 members (excludes halogenated alkanes) is 5. The fourth-order valence-electron chi connectivity index (χ4n) is 2.12. The third-order valence-electron chi connectivity index (χ3n) is 4.06. The molecule has 0 aromatic rings. The monoisotopic (exact) mass is 430 g/mol. The summed E-state index contributed by atoms with van der Waals surface area (Å²) in [6.07, 6.45) is 5.63. The Hall–Kier alpha value is -2.12. The maximum absolute atomic E-state index is 11.6. The zero-order valence-electron chi connectivity index (χ0n) is 19.3. The van der Waals surface area contributed by atoms with Crippen molar-refractivity contribution in [3.63, 3.8) is 0 Å². The van der Waals surface area contributed by atoms with E-state index in [9.17, 15) is 19.2 Å². The second kappa shape index (κ2) is 14.0. The summed E-state index contributed by atoms with van der Waals surface area (Å²) in [5.74, 6) is -1.59. The normalized spacial score (nSPS) is 11.5. The summed E-state index contributed by atoms with van der Waals surface area (Å²) in [5.41, 5.74) is -1.25. The molecule has 0 unspecified atom stereocenters. The number of rotatable bonds is 13. The molecule has 0 spiro atoms. The molecule has 0 aromatic heterocycles. The minimum atomic E-state index is -0.623. The first-order chi connectivity index (χ1) is 13.8. The molecular weight excluding hydrogens is 392 g/mol. The Morgan fingerprint density at radius 1 is 0.500 bits per heavy atom. The van der Waals surface area contributed by atoms with Gasteiger partial charge < -0.3 is 18.9 Å². The van der Waals surface area contributed by atoms with Crippen molar-refractivity contribution >= 4 is 23.9 Å². The van der Waals surface area contributed by atoms with Gasteiger partial charge in [0.25, 0.3) is 0 Å². The van der Waals surface area contributed by atoms with Crippen molar-refractivity contribution < 1.29 is 38.1 Å². The van der Waals surface area contributed by atoms with Crippen LogP contribution in [0, 0.1) is 10.8 Å². The molecule has 0 amide bonds. The molecule has 0 rings (SSSR count). The molecule has 0 atom stereocenters. The highest BCUT2D eigenvalue weighted by molar-refractivity contribution is 5.76. The molecule has 0 aromatic carbocycles. The SMILES string of the molecule is CC(C)(C)C(=O)OCOC(=O)CCCCCCCCC(=O)OCOC(=O)C(C)(C)C. The highest BCUT2D eigenvalue weighted by Crippen LogP contribution is 2.16. The average Bonchev–Trinajstić information content (AvgIpc) is 2.62. The fourth-order valence-corrected chi connectivity index (χ4v) is 2.12. The molecule has 0 saturated heterocycles. The van der Waals surface area contributed by atoms with Gasteiger partial charge in [0.2, 0.25) is 13.6 Å². The van der Waals surface area contributed by atoms with E-state index >= 15 is 0 Å². The first-order valence-corrected chi connectivity index (χ1v) is 10.5. The molecular formula is C22H38O8. The lowest BCUT2D eigenvalue weighted by atomic mass is 9.97. The van der Waals surface area contributed by atoms with Gasteiger partial charge >= 0.3 is 23.9 Å². The minimum absolute atomic E-state index is 0.284. The third kappa shape index (κ3) is 14.8. The van der Waals surface area contributed by atoms with Crippen LogP contribution >= 0.6 is 0 Å². The van der Waals surface area contributed by atoms with E-state index in [1.54, 1.807) is 41.5 Å². The number of hydrogen-bond donors (Lipinski definition) is 0. The van der Waals surface area contributed by atoms with E-state index < -0.39 is 22.8 Å². The summed E-state index contributed by atoms with van der Waals surface area (Å²) < 4.78 is 19.5. The Balaban J connectivity index is 3.55. The molecule has 8 heteroatoms. The zero-order valence-corrected chi connectivity index (χ0v) is 19.3. The largest absolute Gasteiger partial charge is 0.428 e. The Morgan fingerprint density at radius 2 is 0.800 bits per heavy atom. The second-order valence-corrected chi connectivity index (χ2v) is 9.25. The van der Waals surface area contributed by atoms with Crippen LogP contribution in [0.15, 0.2) is 0 Å². The molecule has 0 radical (unpaired) electrons. The molecule has 0 aliphatic rings. The van der Waals surface area contributed by atoms with Gasteiger partial charge in [0, 0.05) is 12.8 Å². The summed E-state index contributed by atoms with van der Waals surface area (Å²) in [6, 6.07) is 0. The Kier molecular flexibility index (Phi) is 13.0. The number of hydrogen-bond acceptors (Lipinski definition) is 8. The maximum Gasteiger partial charge on any atom is 0.314 e. The van der Waals surface area contributed by atoms with Gasteiger partial charge in [-0.1, -0.05) is 25.7 Å². The number of ether oxygens (including phenoxy) is 4. The van der Waals surface area contributed by atoms with E-state index in [4.69, 9.17) is 18.9 Å². The smallest absolute Gasteiger partial charge is 0.314 e. The second-order valence-electron chi connectivity index (χ2n) is 9.25. The predicted molar refractivity (Wildman–Crippen MR) is 110 cm³/mol. The Morgan fingerprint density at radius 3 is 1.10 bits per heavy atom. The van der Waals surface area contributed by atoms with Crippen LogP contribution < -0.4 is 0 Å². The van der Waals surface area contributed by atoms with Crippen LogP contribution in [-0.2, 0) is 38.1 Å². The fraction of sp³-hybridized carbons (Fsp3) is 0.818. The highest BCUT2D eigenvalue weighted by atomic mass is 16.7. The number of carbonyl (C=O) groups is 4. The minimum Gasteiger partial charge on any atom is -0.428 e. The van der Waals surface area contributed by atoms with Crippen LogP contribution in [0.25, 0.3) is 0 Å². The molecule has 0 N–H and O–H groups in total. The lowest BCUT2D eigenvalue weighted by Crippen LogP contribution is -2.24. The quantitative estimate of drug-likeness (QED) is 0.242. The molecule has 30 heavy (non-hydrogen) atoms. The van der Waals surface area contributed by atoms with Crippen molar-refractivity contribution in [3.8, 4) is 0 Å². The van der Waals surface area contributed by atoms with Gasteiger partial charge in [-0.2, -0.15) is 0 Å². The van der Waals surface area contributed by atoms with Crippen molar-refractivity contribution in [3.05, 3.63) is 0 Å². The van der Waals surface area contributed by atoms with Crippen molar-refractivity contribution in [1.29, 1.82) is 0 Å². The van der Waals surface area contributed by atoms with Gasteiger partial charge in [0.1, 0.15) is 0 Å². The average molecular weight is 431 g/mol. The summed E-state index contributed by atoms with van der Waals surface area (Å²) in [5, 5.41) is 0. The van der Waals surface area contributed by atoms with Crippen LogP contribution in [0.3, 0.4) is 0 Å². The maximum atomic E-state index is 11.6. The van der Waals surface area contributed by atoms with Gasteiger partial charge in [0.05, 0.1) is 10.8 Å². The first-order valence-electron chi connectivity index (χ1n) is 10.5. The summed E-state index contributed by atoms with van der Waals surface area (Å²) in [7, 11) is 0. The summed E-state index contributed by atoms with van der Waals surface area (Å²) in [4.78, 5) is 46.2.